The van der Waals surface area contributed by atoms with Crippen LogP contribution in [0.5, 0.6) is 0 Å². The first kappa shape index (κ1) is 10.5. The van der Waals surface area contributed by atoms with Gasteiger partial charge in [0.05, 0.1) is 5.02 Å². The van der Waals surface area contributed by atoms with E-state index < -0.39 is 0 Å². The molecule has 1 aromatic rings. The highest BCUT2D eigenvalue weighted by molar-refractivity contribution is 6.34. The Labute approximate surface area is 86.9 Å². The fourth-order valence-electron chi connectivity index (χ4n) is 0.865. The van der Waals surface area contributed by atoms with Crippen LogP contribution >= 0.6 is 23.2 Å². The van der Waals surface area contributed by atoms with Gasteiger partial charge in [-0.2, -0.15) is 0 Å². The van der Waals surface area contributed by atoms with Crippen LogP contribution in [0, 0.1) is 5.92 Å². The minimum absolute atomic E-state index is 0.0903. The molecule has 0 amide bonds. The SMILES string of the molecule is CC(C)C(=O)c1nc(Cl)ccc1Cl. The molecule has 0 aliphatic heterocycles. The molecule has 0 fully saturated rings. The van der Waals surface area contributed by atoms with Crippen LogP contribution in [0.15, 0.2) is 12.1 Å². The van der Waals surface area contributed by atoms with E-state index in [0.717, 1.165) is 0 Å². The van der Waals surface area contributed by atoms with Crippen molar-refractivity contribution in [3.8, 4) is 0 Å². The number of hydrogen-bond acceptors (Lipinski definition) is 2. The van der Waals surface area contributed by atoms with Crippen LogP contribution in [-0.2, 0) is 0 Å². The highest BCUT2D eigenvalue weighted by Crippen LogP contribution is 2.19. The minimum Gasteiger partial charge on any atom is -0.292 e. The van der Waals surface area contributed by atoms with Crippen molar-refractivity contribution in [3.05, 3.63) is 28.0 Å². The van der Waals surface area contributed by atoms with Gasteiger partial charge in [-0.1, -0.05) is 37.0 Å². The summed E-state index contributed by atoms with van der Waals surface area (Å²) < 4.78 is 0. The number of carbonyl (C=O) groups is 1. The summed E-state index contributed by atoms with van der Waals surface area (Å²) in [6.07, 6.45) is 0. The zero-order chi connectivity index (χ0) is 10.0. The molecular weight excluding hydrogens is 209 g/mol. The molecule has 0 unspecified atom stereocenters. The zero-order valence-electron chi connectivity index (χ0n) is 7.34. The lowest BCUT2D eigenvalue weighted by molar-refractivity contribution is 0.0934. The van der Waals surface area contributed by atoms with Gasteiger partial charge in [-0.05, 0) is 12.1 Å². The third-order valence-electron chi connectivity index (χ3n) is 1.57. The van der Waals surface area contributed by atoms with Crippen molar-refractivity contribution in [3.63, 3.8) is 0 Å². The Morgan fingerprint density at radius 2 is 2.00 bits per heavy atom. The molecule has 0 saturated carbocycles. The first-order chi connectivity index (χ1) is 6.02. The number of aromatic nitrogens is 1. The molecule has 70 valence electrons. The second-order valence-electron chi connectivity index (χ2n) is 2.98. The monoisotopic (exact) mass is 217 g/mol. The summed E-state index contributed by atoms with van der Waals surface area (Å²) in [4.78, 5) is 15.4. The molecule has 0 atom stereocenters. The van der Waals surface area contributed by atoms with Gasteiger partial charge in [0.2, 0.25) is 0 Å². The van der Waals surface area contributed by atoms with E-state index in [1.54, 1.807) is 26.0 Å². The summed E-state index contributed by atoms with van der Waals surface area (Å²) in [5.41, 5.74) is 0.254. The number of carbonyl (C=O) groups excluding carboxylic acids is 1. The zero-order valence-corrected chi connectivity index (χ0v) is 8.86. The molecule has 1 aromatic heterocycles. The van der Waals surface area contributed by atoms with Crippen LogP contribution in [0.3, 0.4) is 0 Å². The lowest BCUT2D eigenvalue weighted by Crippen LogP contribution is -2.10. The molecule has 13 heavy (non-hydrogen) atoms. The Morgan fingerprint density at radius 3 is 2.54 bits per heavy atom. The van der Waals surface area contributed by atoms with Crippen molar-refractivity contribution >= 4 is 29.0 Å². The second-order valence-corrected chi connectivity index (χ2v) is 3.78. The van der Waals surface area contributed by atoms with Crippen molar-refractivity contribution < 1.29 is 4.79 Å². The van der Waals surface area contributed by atoms with Crippen LogP contribution in [0.2, 0.25) is 10.2 Å². The molecule has 0 saturated heterocycles. The average molecular weight is 218 g/mol. The summed E-state index contributed by atoms with van der Waals surface area (Å²) in [6, 6.07) is 3.13. The number of rotatable bonds is 2. The number of ketones is 1. The lowest BCUT2D eigenvalue weighted by atomic mass is 10.1. The summed E-state index contributed by atoms with van der Waals surface area (Å²) in [6.45, 7) is 3.59. The summed E-state index contributed by atoms with van der Waals surface area (Å²) in [5, 5.41) is 0.636. The van der Waals surface area contributed by atoms with Gasteiger partial charge in [-0.25, -0.2) is 4.98 Å². The van der Waals surface area contributed by atoms with E-state index in [1.165, 1.54) is 0 Å². The van der Waals surface area contributed by atoms with E-state index in [2.05, 4.69) is 4.98 Å². The van der Waals surface area contributed by atoms with Gasteiger partial charge >= 0.3 is 0 Å². The third-order valence-corrected chi connectivity index (χ3v) is 2.09. The minimum atomic E-state index is -0.122. The maximum absolute atomic E-state index is 11.5. The van der Waals surface area contributed by atoms with E-state index in [4.69, 9.17) is 23.2 Å². The van der Waals surface area contributed by atoms with Gasteiger partial charge in [-0.15, -0.1) is 0 Å². The predicted molar refractivity (Wildman–Crippen MR) is 53.4 cm³/mol. The highest BCUT2D eigenvalue weighted by Gasteiger charge is 2.15. The fourth-order valence-corrected chi connectivity index (χ4v) is 1.21. The molecule has 0 aromatic carbocycles. The van der Waals surface area contributed by atoms with E-state index in [1.807, 2.05) is 0 Å². The molecule has 0 spiro atoms. The van der Waals surface area contributed by atoms with Gasteiger partial charge in [-0.3, -0.25) is 4.79 Å². The smallest absolute Gasteiger partial charge is 0.185 e. The Balaban J connectivity index is 3.13. The molecule has 2 nitrogen and oxygen atoms in total. The first-order valence-electron chi connectivity index (χ1n) is 3.88. The van der Waals surface area contributed by atoms with Crippen LogP contribution < -0.4 is 0 Å². The number of pyridine rings is 1. The van der Waals surface area contributed by atoms with Crippen molar-refractivity contribution in [1.82, 2.24) is 4.98 Å². The maximum atomic E-state index is 11.5. The van der Waals surface area contributed by atoms with Crippen molar-refractivity contribution in [1.29, 1.82) is 0 Å². The van der Waals surface area contributed by atoms with Crippen LogP contribution in [-0.4, -0.2) is 10.8 Å². The van der Waals surface area contributed by atoms with Gasteiger partial charge in [0, 0.05) is 5.92 Å². The van der Waals surface area contributed by atoms with E-state index in [9.17, 15) is 4.79 Å². The Hall–Kier alpha value is -0.600. The van der Waals surface area contributed by atoms with E-state index in [-0.39, 0.29) is 22.5 Å². The molecular formula is C9H9Cl2NO. The van der Waals surface area contributed by atoms with Crippen LogP contribution in [0.4, 0.5) is 0 Å². The fraction of sp³-hybridized carbons (Fsp3) is 0.333. The molecule has 0 bridgehead atoms. The second kappa shape index (κ2) is 4.07. The molecule has 1 heterocycles. The molecule has 0 N–H and O–H groups in total. The molecule has 4 heteroatoms. The molecule has 0 aliphatic rings. The summed E-state index contributed by atoms with van der Waals surface area (Å²) in [7, 11) is 0. The maximum Gasteiger partial charge on any atom is 0.185 e. The standard InChI is InChI=1S/C9H9Cl2NO/c1-5(2)9(13)8-6(10)3-4-7(11)12-8/h3-5H,1-2H3. The number of halogens is 2. The Bertz CT molecular complexity index is 336. The van der Waals surface area contributed by atoms with Crippen LogP contribution in [0.1, 0.15) is 24.3 Å². The Morgan fingerprint density at radius 1 is 1.38 bits per heavy atom. The molecule has 0 radical (unpaired) electrons. The quantitative estimate of drug-likeness (QED) is 0.563. The van der Waals surface area contributed by atoms with Crippen molar-refractivity contribution in [2.24, 2.45) is 5.92 Å². The summed E-state index contributed by atoms with van der Waals surface area (Å²) in [5.74, 6) is -0.212. The van der Waals surface area contributed by atoms with Gasteiger partial charge in [0.1, 0.15) is 10.8 Å². The number of nitrogens with zero attached hydrogens (tertiary/aromatic N) is 1. The van der Waals surface area contributed by atoms with E-state index >= 15 is 0 Å². The average Bonchev–Trinajstić information content (AvgIpc) is 2.08. The lowest BCUT2D eigenvalue weighted by Gasteiger charge is -2.04. The highest BCUT2D eigenvalue weighted by atomic mass is 35.5. The van der Waals surface area contributed by atoms with Gasteiger partial charge < -0.3 is 0 Å². The molecule has 1 rings (SSSR count). The van der Waals surface area contributed by atoms with Crippen molar-refractivity contribution in [2.75, 3.05) is 0 Å². The predicted octanol–water partition coefficient (Wildman–Crippen LogP) is 3.23. The topological polar surface area (TPSA) is 30.0 Å². The van der Waals surface area contributed by atoms with Crippen molar-refractivity contribution in [2.45, 2.75) is 13.8 Å². The molecule has 0 aliphatic carbocycles. The first-order valence-corrected chi connectivity index (χ1v) is 4.64. The Kier molecular flexibility index (Phi) is 3.28. The third kappa shape index (κ3) is 2.42. The van der Waals surface area contributed by atoms with Gasteiger partial charge in [0.25, 0.3) is 0 Å². The van der Waals surface area contributed by atoms with Gasteiger partial charge in [0.15, 0.2) is 5.78 Å². The normalized spacial score (nSPS) is 10.5. The number of hydrogen-bond donors (Lipinski definition) is 0. The van der Waals surface area contributed by atoms with E-state index in [0.29, 0.717) is 5.02 Å². The summed E-state index contributed by atoms with van der Waals surface area (Å²) >= 11 is 11.4. The van der Waals surface area contributed by atoms with Crippen LogP contribution in [0.25, 0.3) is 0 Å². The largest absolute Gasteiger partial charge is 0.292 e. The number of Topliss-reactive ketones (excluding diaryl/α,β-unsaturated/α-hetero) is 1.